The summed E-state index contributed by atoms with van der Waals surface area (Å²) in [7, 11) is -2.40. The van der Waals surface area contributed by atoms with Gasteiger partial charge in [-0.25, -0.2) is 8.42 Å². The van der Waals surface area contributed by atoms with Crippen LogP contribution in [0, 0.1) is 5.92 Å². The van der Waals surface area contributed by atoms with Crippen LogP contribution in [0.15, 0.2) is 47.4 Å². The highest BCUT2D eigenvalue weighted by molar-refractivity contribution is 7.89. The lowest BCUT2D eigenvalue weighted by molar-refractivity contribution is -0.118. The van der Waals surface area contributed by atoms with Crippen molar-refractivity contribution in [2.24, 2.45) is 5.92 Å². The number of hydrogen-bond acceptors (Lipinski definition) is 5. The highest BCUT2D eigenvalue weighted by Gasteiger charge is 2.30. The van der Waals surface area contributed by atoms with Crippen LogP contribution in [-0.2, 0) is 26.0 Å². The lowest BCUT2D eigenvalue weighted by atomic mass is 10.0. The Labute approximate surface area is 182 Å². The number of nitrogens with zero attached hydrogens (tertiary/aromatic N) is 1. The van der Waals surface area contributed by atoms with E-state index in [4.69, 9.17) is 4.74 Å². The first kappa shape index (κ1) is 22.8. The van der Waals surface area contributed by atoms with Crippen LogP contribution in [0.3, 0.4) is 0 Å². The van der Waals surface area contributed by atoms with Crippen LogP contribution < -0.4 is 19.7 Å². The van der Waals surface area contributed by atoms with E-state index < -0.39 is 22.0 Å². The monoisotopic (exact) mass is 445 g/mol. The van der Waals surface area contributed by atoms with Crippen LogP contribution in [-0.4, -0.2) is 39.9 Å². The van der Waals surface area contributed by atoms with Crippen molar-refractivity contribution >= 4 is 33.2 Å². The number of ether oxygens (including phenoxy) is 1. The van der Waals surface area contributed by atoms with E-state index in [2.05, 4.69) is 10.0 Å². The topological polar surface area (TPSA) is 105 Å². The number of amides is 2. The second-order valence-electron chi connectivity index (χ2n) is 7.77. The van der Waals surface area contributed by atoms with Crippen molar-refractivity contribution in [3.63, 3.8) is 0 Å². The molecular weight excluding hydrogens is 418 g/mol. The van der Waals surface area contributed by atoms with Crippen molar-refractivity contribution < 1.29 is 22.7 Å². The molecule has 0 unspecified atom stereocenters. The largest absolute Gasteiger partial charge is 0.497 e. The van der Waals surface area contributed by atoms with E-state index in [9.17, 15) is 18.0 Å². The Morgan fingerprint density at radius 3 is 2.35 bits per heavy atom. The maximum atomic E-state index is 13.0. The van der Waals surface area contributed by atoms with Crippen molar-refractivity contribution in [1.82, 2.24) is 4.72 Å². The average molecular weight is 446 g/mol. The third kappa shape index (κ3) is 5.05. The van der Waals surface area contributed by atoms with Gasteiger partial charge in [0.2, 0.25) is 21.8 Å². The van der Waals surface area contributed by atoms with Gasteiger partial charge in [0, 0.05) is 24.8 Å². The molecule has 1 heterocycles. The fourth-order valence-electron chi connectivity index (χ4n) is 3.49. The van der Waals surface area contributed by atoms with Crippen LogP contribution in [0.1, 0.15) is 26.3 Å². The normalized spacial score (nSPS) is 14.3. The van der Waals surface area contributed by atoms with Crippen LogP contribution in [0.2, 0.25) is 0 Å². The summed E-state index contributed by atoms with van der Waals surface area (Å²) in [6, 6.07) is 10.5. The minimum Gasteiger partial charge on any atom is -0.497 e. The van der Waals surface area contributed by atoms with E-state index in [-0.39, 0.29) is 16.7 Å². The molecule has 1 aliphatic rings. The van der Waals surface area contributed by atoms with Crippen molar-refractivity contribution in [3.05, 3.63) is 48.0 Å². The van der Waals surface area contributed by atoms with Gasteiger partial charge in [-0.1, -0.05) is 13.8 Å². The Hall–Kier alpha value is -2.91. The Bertz CT molecular complexity index is 1080. The third-order valence-electron chi connectivity index (χ3n) is 5.23. The summed E-state index contributed by atoms with van der Waals surface area (Å²) >= 11 is 0. The highest BCUT2D eigenvalue weighted by Crippen LogP contribution is 2.30. The molecule has 166 valence electrons. The van der Waals surface area contributed by atoms with Gasteiger partial charge < -0.3 is 15.0 Å². The van der Waals surface area contributed by atoms with Crippen LogP contribution >= 0.6 is 0 Å². The molecule has 2 aromatic carbocycles. The second kappa shape index (κ2) is 9.07. The van der Waals surface area contributed by atoms with Gasteiger partial charge >= 0.3 is 0 Å². The van der Waals surface area contributed by atoms with E-state index in [1.165, 1.54) is 13.0 Å². The number of sulfonamides is 1. The van der Waals surface area contributed by atoms with E-state index in [0.29, 0.717) is 24.4 Å². The first-order valence-electron chi connectivity index (χ1n) is 10.0. The lowest BCUT2D eigenvalue weighted by Crippen LogP contribution is -2.47. The van der Waals surface area contributed by atoms with Gasteiger partial charge in [0.15, 0.2) is 0 Å². The maximum absolute atomic E-state index is 13.0. The molecule has 2 aromatic rings. The molecule has 1 aliphatic heterocycles. The number of rotatable bonds is 7. The molecule has 0 aromatic heterocycles. The molecule has 31 heavy (non-hydrogen) atoms. The number of carbonyl (C=O) groups is 2. The molecule has 0 bridgehead atoms. The van der Waals surface area contributed by atoms with Crippen molar-refractivity contribution in [1.29, 1.82) is 0 Å². The molecule has 1 atom stereocenters. The number of carbonyl (C=O) groups excluding carboxylic acids is 2. The average Bonchev–Trinajstić information content (AvgIpc) is 3.16. The van der Waals surface area contributed by atoms with Gasteiger partial charge in [0.05, 0.1) is 12.0 Å². The molecule has 0 saturated heterocycles. The Kier molecular flexibility index (Phi) is 6.66. The summed E-state index contributed by atoms with van der Waals surface area (Å²) in [5, 5.41) is 2.74. The number of nitrogens with one attached hydrogen (secondary N) is 2. The van der Waals surface area contributed by atoms with Gasteiger partial charge in [-0.05, 0) is 60.4 Å². The SMILES string of the molecule is COc1ccc(NC(=O)[C@@H](NS(=O)(=O)c2ccc3c(c2)CCN3C(C)=O)C(C)C)cc1. The van der Waals surface area contributed by atoms with E-state index in [0.717, 1.165) is 11.3 Å². The molecule has 9 heteroatoms. The summed E-state index contributed by atoms with van der Waals surface area (Å²) in [5.74, 6) is -0.162. The predicted molar refractivity (Wildman–Crippen MR) is 119 cm³/mol. The van der Waals surface area contributed by atoms with Gasteiger partial charge in [0.25, 0.3) is 0 Å². The second-order valence-corrected chi connectivity index (χ2v) is 9.49. The number of benzene rings is 2. The fraction of sp³-hybridized carbons (Fsp3) is 0.364. The van der Waals surface area contributed by atoms with Crippen molar-refractivity contribution in [2.45, 2.75) is 38.1 Å². The lowest BCUT2D eigenvalue weighted by Gasteiger charge is -2.22. The summed E-state index contributed by atoms with van der Waals surface area (Å²) in [4.78, 5) is 26.2. The van der Waals surface area contributed by atoms with Crippen molar-refractivity contribution in [3.8, 4) is 5.75 Å². The van der Waals surface area contributed by atoms with Gasteiger partial charge in [-0.2, -0.15) is 4.72 Å². The molecule has 3 rings (SSSR count). The summed E-state index contributed by atoms with van der Waals surface area (Å²) in [5.41, 5.74) is 2.06. The Balaban J connectivity index is 1.78. The van der Waals surface area contributed by atoms with Gasteiger partial charge in [0.1, 0.15) is 11.8 Å². The third-order valence-corrected chi connectivity index (χ3v) is 6.66. The first-order chi connectivity index (χ1) is 14.6. The molecule has 2 amide bonds. The smallest absolute Gasteiger partial charge is 0.242 e. The Morgan fingerprint density at radius 1 is 1.10 bits per heavy atom. The summed E-state index contributed by atoms with van der Waals surface area (Å²) in [6.45, 7) is 5.55. The van der Waals surface area contributed by atoms with E-state index >= 15 is 0 Å². The zero-order valence-corrected chi connectivity index (χ0v) is 18.8. The van der Waals surface area contributed by atoms with Crippen LogP contribution in [0.5, 0.6) is 5.75 Å². The number of methoxy groups -OCH3 is 1. The molecule has 0 radical (unpaired) electrons. The molecule has 0 aliphatic carbocycles. The van der Waals surface area contributed by atoms with Gasteiger partial charge in [-0.3, -0.25) is 9.59 Å². The number of hydrogen-bond donors (Lipinski definition) is 2. The molecule has 8 nitrogen and oxygen atoms in total. The maximum Gasteiger partial charge on any atom is 0.242 e. The fourth-order valence-corrected chi connectivity index (χ4v) is 4.89. The van der Waals surface area contributed by atoms with Gasteiger partial charge in [-0.15, -0.1) is 0 Å². The summed E-state index contributed by atoms with van der Waals surface area (Å²) < 4.78 is 33.7. The number of fused-ring (bicyclic) bond motifs is 1. The standard InChI is InChI=1S/C22H27N3O5S/c1-14(2)21(22(27)23-17-5-7-18(30-4)8-6-17)24-31(28,29)19-9-10-20-16(13-19)11-12-25(20)15(3)26/h5-10,13-14,21,24H,11-12H2,1-4H3,(H,23,27)/t21-/m0/s1. The van der Waals surface area contributed by atoms with Crippen molar-refractivity contribution in [2.75, 3.05) is 23.9 Å². The highest BCUT2D eigenvalue weighted by atomic mass is 32.2. The molecule has 0 spiro atoms. The number of anilines is 2. The molecular formula is C22H27N3O5S. The minimum atomic E-state index is -3.95. The zero-order valence-electron chi connectivity index (χ0n) is 18.0. The quantitative estimate of drug-likeness (QED) is 0.682. The molecule has 0 fully saturated rings. The summed E-state index contributed by atoms with van der Waals surface area (Å²) in [6.07, 6.45) is 0.587. The minimum absolute atomic E-state index is 0.0690. The van der Waals surface area contributed by atoms with Crippen LogP contribution in [0.25, 0.3) is 0 Å². The van der Waals surface area contributed by atoms with Crippen LogP contribution in [0.4, 0.5) is 11.4 Å². The molecule has 2 N–H and O–H groups in total. The predicted octanol–water partition coefficient (Wildman–Crippen LogP) is 2.55. The Morgan fingerprint density at radius 2 is 1.77 bits per heavy atom. The van der Waals surface area contributed by atoms with E-state index in [1.807, 2.05) is 0 Å². The van der Waals surface area contributed by atoms with E-state index in [1.54, 1.807) is 62.3 Å². The molecule has 0 saturated carbocycles. The zero-order chi connectivity index (χ0) is 22.8. The first-order valence-corrected chi connectivity index (χ1v) is 11.5.